The van der Waals surface area contributed by atoms with E-state index >= 15 is 0 Å². The molecule has 0 fully saturated rings. The maximum Gasteiger partial charge on any atom is 0.119 e. The van der Waals surface area contributed by atoms with Gasteiger partial charge in [-0.1, -0.05) is 26.0 Å². The minimum atomic E-state index is -0.477. The summed E-state index contributed by atoms with van der Waals surface area (Å²) in [7, 11) is 0. The summed E-state index contributed by atoms with van der Waals surface area (Å²) in [6.45, 7) is 9.01. The largest absolute Gasteiger partial charge is 0.494 e. The van der Waals surface area contributed by atoms with E-state index in [1.165, 1.54) is 0 Å². The number of aliphatic hydroxyl groups is 1. The number of benzene rings is 1. The van der Waals surface area contributed by atoms with Gasteiger partial charge in [-0.05, 0) is 44.4 Å². The van der Waals surface area contributed by atoms with Crippen molar-refractivity contribution in [3.63, 3.8) is 0 Å². The Morgan fingerprint density at radius 1 is 1.11 bits per heavy atom. The molecule has 0 saturated carbocycles. The van der Waals surface area contributed by atoms with E-state index < -0.39 is 6.10 Å². The monoisotopic (exact) mass is 265 g/mol. The van der Waals surface area contributed by atoms with E-state index in [2.05, 4.69) is 26.1 Å². The number of hydrogen-bond donors (Lipinski definition) is 2. The Morgan fingerprint density at radius 2 is 1.74 bits per heavy atom. The highest BCUT2D eigenvalue weighted by atomic mass is 16.5. The first kappa shape index (κ1) is 16.0. The van der Waals surface area contributed by atoms with Crippen molar-refractivity contribution >= 4 is 0 Å². The second-order valence-corrected chi connectivity index (χ2v) is 4.94. The van der Waals surface area contributed by atoms with Gasteiger partial charge in [0, 0.05) is 12.1 Å². The molecular formula is C16H27NO2. The van der Waals surface area contributed by atoms with Crippen LogP contribution in [0.2, 0.25) is 0 Å². The summed E-state index contributed by atoms with van der Waals surface area (Å²) in [5.41, 5.74) is 0.936. The van der Waals surface area contributed by atoms with Crippen LogP contribution in [-0.4, -0.2) is 23.8 Å². The minimum absolute atomic E-state index is 0.0906. The maximum atomic E-state index is 10.4. The summed E-state index contributed by atoms with van der Waals surface area (Å²) in [6, 6.07) is 8.22. The van der Waals surface area contributed by atoms with E-state index in [9.17, 15) is 5.11 Å². The molecule has 0 radical (unpaired) electrons. The molecular weight excluding hydrogens is 238 g/mol. The smallest absolute Gasteiger partial charge is 0.119 e. The Hall–Kier alpha value is -1.06. The van der Waals surface area contributed by atoms with Crippen LogP contribution in [0.5, 0.6) is 5.75 Å². The average Bonchev–Trinajstić information content (AvgIpc) is 2.45. The first-order valence-electron chi connectivity index (χ1n) is 7.29. The first-order valence-corrected chi connectivity index (χ1v) is 7.29. The Kier molecular flexibility index (Phi) is 6.89. The van der Waals surface area contributed by atoms with Gasteiger partial charge < -0.3 is 15.2 Å². The number of aliphatic hydroxyl groups excluding tert-OH is 1. The number of nitrogens with one attached hydrogen (secondary N) is 1. The van der Waals surface area contributed by atoms with Gasteiger partial charge in [0.15, 0.2) is 0 Å². The normalized spacial score (nSPS) is 15.8. The molecule has 0 heterocycles. The second-order valence-electron chi connectivity index (χ2n) is 4.94. The van der Waals surface area contributed by atoms with Gasteiger partial charge in [0.2, 0.25) is 0 Å². The van der Waals surface area contributed by atoms with Gasteiger partial charge in [-0.2, -0.15) is 0 Å². The lowest BCUT2D eigenvalue weighted by molar-refractivity contribution is 0.120. The van der Waals surface area contributed by atoms with Crippen LogP contribution >= 0.6 is 0 Å². The Balaban J connectivity index is 2.70. The zero-order chi connectivity index (χ0) is 14.3. The fourth-order valence-electron chi connectivity index (χ4n) is 2.08. The molecule has 0 aliphatic carbocycles. The van der Waals surface area contributed by atoms with Gasteiger partial charge >= 0.3 is 0 Å². The van der Waals surface area contributed by atoms with Crippen molar-refractivity contribution in [2.24, 2.45) is 0 Å². The van der Waals surface area contributed by atoms with Crippen LogP contribution in [0.1, 0.15) is 52.2 Å². The average molecular weight is 265 g/mol. The Morgan fingerprint density at radius 3 is 2.21 bits per heavy atom. The molecule has 0 saturated heterocycles. The van der Waals surface area contributed by atoms with E-state index in [0.29, 0.717) is 12.6 Å². The van der Waals surface area contributed by atoms with Gasteiger partial charge in [-0.25, -0.2) is 0 Å². The van der Waals surface area contributed by atoms with Crippen molar-refractivity contribution in [1.82, 2.24) is 5.32 Å². The van der Waals surface area contributed by atoms with Crippen LogP contribution in [0.25, 0.3) is 0 Å². The summed E-state index contributed by atoms with van der Waals surface area (Å²) >= 11 is 0. The topological polar surface area (TPSA) is 41.5 Å². The van der Waals surface area contributed by atoms with Crippen LogP contribution in [0.3, 0.4) is 0 Å². The fourth-order valence-corrected chi connectivity index (χ4v) is 2.08. The van der Waals surface area contributed by atoms with Gasteiger partial charge in [-0.15, -0.1) is 0 Å². The molecule has 1 rings (SSSR count). The molecule has 3 nitrogen and oxygen atoms in total. The fraction of sp³-hybridized carbons (Fsp3) is 0.625. The van der Waals surface area contributed by atoms with E-state index in [1.807, 2.05) is 31.2 Å². The molecule has 1 aromatic carbocycles. The summed E-state index contributed by atoms with van der Waals surface area (Å²) in [5, 5.41) is 13.9. The molecule has 0 amide bonds. The van der Waals surface area contributed by atoms with Crippen molar-refractivity contribution in [2.75, 3.05) is 6.61 Å². The highest BCUT2D eigenvalue weighted by Crippen LogP contribution is 2.22. The summed E-state index contributed by atoms with van der Waals surface area (Å²) < 4.78 is 5.41. The van der Waals surface area contributed by atoms with Crippen molar-refractivity contribution in [3.8, 4) is 5.75 Å². The Bertz CT molecular complexity index is 350. The minimum Gasteiger partial charge on any atom is -0.494 e. The second kappa shape index (κ2) is 8.18. The molecule has 108 valence electrons. The SMILES string of the molecule is CCOc1ccc(C(O)C(CC)NC(C)CC)cc1. The Labute approximate surface area is 117 Å². The van der Waals surface area contributed by atoms with E-state index in [4.69, 9.17) is 4.74 Å². The lowest BCUT2D eigenvalue weighted by atomic mass is 9.99. The van der Waals surface area contributed by atoms with Crippen LogP contribution in [-0.2, 0) is 0 Å². The highest BCUT2D eigenvalue weighted by molar-refractivity contribution is 5.29. The molecule has 2 N–H and O–H groups in total. The number of rotatable bonds is 8. The van der Waals surface area contributed by atoms with Gasteiger partial charge in [-0.3, -0.25) is 0 Å². The predicted octanol–water partition coefficient (Wildman–Crippen LogP) is 3.29. The van der Waals surface area contributed by atoms with Gasteiger partial charge in [0.05, 0.1) is 12.7 Å². The third-order valence-corrected chi connectivity index (χ3v) is 3.46. The standard InChI is InChI=1S/C16H27NO2/c1-5-12(4)17-15(6-2)16(18)13-8-10-14(11-9-13)19-7-3/h8-12,15-18H,5-7H2,1-4H3. The number of hydrogen-bond acceptors (Lipinski definition) is 3. The third kappa shape index (κ3) is 4.84. The van der Waals surface area contributed by atoms with E-state index in [0.717, 1.165) is 24.2 Å². The molecule has 19 heavy (non-hydrogen) atoms. The zero-order valence-electron chi connectivity index (χ0n) is 12.5. The third-order valence-electron chi connectivity index (χ3n) is 3.46. The molecule has 0 aliphatic heterocycles. The molecule has 0 aliphatic rings. The highest BCUT2D eigenvalue weighted by Gasteiger charge is 2.20. The van der Waals surface area contributed by atoms with Crippen LogP contribution in [0.15, 0.2) is 24.3 Å². The molecule has 3 heteroatoms. The summed E-state index contributed by atoms with van der Waals surface area (Å²) in [6.07, 6.45) is 1.49. The van der Waals surface area contributed by atoms with Crippen molar-refractivity contribution in [2.45, 2.75) is 58.7 Å². The molecule has 0 spiro atoms. The van der Waals surface area contributed by atoms with Crippen LogP contribution in [0.4, 0.5) is 0 Å². The first-order chi connectivity index (χ1) is 9.12. The van der Waals surface area contributed by atoms with Crippen molar-refractivity contribution in [1.29, 1.82) is 0 Å². The van der Waals surface area contributed by atoms with Gasteiger partial charge in [0.1, 0.15) is 5.75 Å². The van der Waals surface area contributed by atoms with E-state index in [-0.39, 0.29) is 6.04 Å². The molecule has 3 unspecified atom stereocenters. The molecule has 0 bridgehead atoms. The zero-order valence-corrected chi connectivity index (χ0v) is 12.5. The summed E-state index contributed by atoms with van der Waals surface area (Å²) in [4.78, 5) is 0. The van der Waals surface area contributed by atoms with Crippen LogP contribution < -0.4 is 10.1 Å². The summed E-state index contributed by atoms with van der Waals surface area (Å²) in [5.74, 6) is 0.849. The van der Waals surface area contributed by atoms with Crippen molar-refractivity contribution < 1.29 is 9.84 Å². The quantitative estimate of drug-likeness (QED) is 0.758. The predicted molar refractivity (Wildman–Crippen MR) is 79.5 cm³/mol. The van der Waals surface area contributed by atoms with Gasteiger partial charge in [0.25, 0.3) is 0 Å². The number of ether oxygens (including phenoxy) is 1. The van der Waals surface area contributed by atoms with E-state index in [1.54, 1.807) is 0 Å². The maximum absolute atomic E-state index is 10.4. The lowest BCUT2D eigenvalue weighted by Gasteiger charge is -2.26. The van der Waals surface area contributed by atoms with Crippen LogP contribution in [0, 0.1) is 0 Å². The van der Waals surface area contributed by atoms with Crippen molar-refractivity contribution in [3.05, 3.63) is 29.8 Å². The molecule has 1 aromatic rings. The lowest BCUT2D eigenvalue weighted by Crippen LogP contribution is -2.40. The molecule has 0 aromatic heterocycles. The molecule has 3 atom stereocenters.